The molecule has 0 N–H and O–H groups in total. The molecule has 5 rings (SSSR count). The Morgan fingerprint density at radius 2 is 2.13 bits per heavy atom. The Bertz CT molecular complexity index is 876. The maximum absolute atomic E-state index is 5.54. The quantitative estimate of drug-likeness (QED) is 0.744. The van der Waals surface area contributed by atoms with Crippen LogP contribution in [0.15, 0.2) is 41.5 Å². The highest BCUT2D eigenvalue weighted by molar-refractivity contribution is 5.85. The van der Waals surface area contributed by atoms with Crippen LogP contribution in [0.25, 0.3) is 16.7 Å². The molecule has 0 amide bonds. The summed E-state index contributed by atoms with van der Waals surface area (Å²) in [6.45, 7) is 1.72. The van der Waals surface area contributed by atoms with Gasteiger partial charge in [0.1, 0.15) is 12.1 Å². The molecular formula is C17H17N5O. The van der Waals surface area contributed by atoms with Crippen LogP contribution in [-0.4, -0.2) is 32.6 Å². The second-order valence-corrected chi connectivity index (χ2v) is 6.17. The first-order valence-corrected chi connectivity index (χ1v) is 8.05. The Morgan fingerprint density at radius 1 is 1.17 bits per heavy atom. The van der Waals surface area contributed by atoms with Crippen LogP contribution in [0.1, 0.15) is 31.1 Å². The van der Waals surface area contributed by atoms with Gasteiger partial charge in [-0.2, -0.15) is 0 Å². The predicted octanol–water partition coefficient (Wildman–Crippen LogP) is 3.05. The number of aromatic nitrogens is 4. The molecule has 6 heteroatoms. The van der Waals surface area contributed by atoms with Crippen LogP contribution in [0, 0.1) is 0 Å². The van der Waals surface area contributed by atoms with Gasteiger partial charge in [-0.15, -0.1) is 0 Å². The lowest BCUT2D eigenvalue weighted by molar-refractivity contribution is 0.549. The SMILES string of the molecule is C1=C(c2ccco2)CN(c2ncnc3c2ncn3C2CC2)CC1. The largest absolute Gasteiger partial charge is 0.465 e. The number of anilines is 1. The van der Waals surface area contributed by atoms with Crippen LogP contribution >= 0.6 is 0 Å². The first kappa shape index (κ1) is 12.9. The van der Waals surface area contributed by atoms with Gasteiger partial charge >= 0.3 is 0 Å². The summed E-state index contributed by atoms with van der Waals surface area (Å²) in [6, 6.07) is 4.50. The van der Waals surface area contributed by atoms with Gasteiger partial charge in [-0.25, -0.2) is 15.0 Å². The van der Waals surface area contributed by atoms with E-state index in [1.54, 1.807) is 12.6 Å². The molecule has 116 valence electrons. The first-order valence-electron chi connectivity index (χ1n) is 8.05. The summed E-state index contributed by atoms with van der Waals surface area (Å²) in [7, 11) is 0. The van der Waals surface area contributed by atoms with E-state index in [1.807, 2.05) is 18.5 Å². The molecule has 3 aromatic rings. The topological polar surface area (TPSA) is 60.0 Å². The molecule has 1 fully saturated rings. The van der Waals surface area contributed by atoms with E-state index in [1.165, 1.54) is 18.4 Å². The molecule has 1 aliphatic carbocycles. The van der Waals surface area contributed by atoms with E-state index in [-0.39, 0.29) is 0 Å². The second-order valence-electron chi connectivity index (χ2n) is 6.17. The van der Waals surface area contributed by atoms with E-state index in [9.17, 15) is 0 Å². The molecule has 0 spiro atoms. The van der Waals surface area contributed by atoms with Gasteiger partial charge in [0, 0.05) is 24.7 Å². The Labute approximate surface area is 133 Å². The van der Waals surface area contributed by atoms with E-state index >= 15 is 0 Å². The van der Waals surface area contributed by atoms with Gasteiger partial charge in [-0.05, 0) is 31.4 Å². The molecule has 0 unspecified atom stereocenters. The summed E-state index contributed by atoms with van der Waals surface area (Å²) in [5, 5.41) is 0. The molecule has 2 aliphatic rings. The van der Waals surface area contributed by atoms with Crippen molar-refractivity contribution in [1.82, 2.24) is 19.5 Å². The lowest BCUT2D eigenvalue weighted by atomic mass is 10.1. The predicted molar refractivity (Wildman–Crippen MR) is 87.1 cm³/mol. The van der Waals surface area contributed by atoms with Crippen LogP contribution in [0.2, 0.25) is 0 Å². The van der Waals surface area contributed by atoms with Crippen molar-refractivity contribution < 1.29 is 4.42 Å². The van der Waals surface area contributed by atoms with Crippen LogP contribution < -0.4 is 4.90 Å². The Balaban J connectivity index is 1.52. The van der Waals surface area contributed by atoms with Gasteiger partial charge in [0.25, 0.3) is 0 Å². The second kappa shape index (κ2) is 4.94. The Morgan fingerprint density at radius 3 is 2.96 bits per heavy atom. The molecule has 6 nitrogen and oxygen atoms in total. The van der Waals surface area contributed by atoms with E-state index in [0.29, 0.717) is 6.04 Å². The summed E-state index contributed by atoms with van der Waals surface area (Å²) < 4.78 is 7.73. The van der Waals surface area contributed by atoms with Gasteiger partial charge < -0.3 is 13.9 Å². The fraction of sp³-hybridized carbons (Fsp3) is 0.353. The highest BCUT2D eigenvalue weighted by atomic mass is 16.3. The average molecular weight is 307 g/mol. The third-order valence-electron chi connectivity index (χ3n) is 4.57. The minimum atomic E-state index is 0.572. The molecule has 0 atom stereocenters. The highest BCUT2D eigenvalue weighted by Crippen LogP contribution is 2.37. The molecule has 0 bridgehead atoms. The smallest absolute Gasteiger partial charge is 0.165 e. The number of nitrogens with zero attached hydrogens (tertiary/aromatic N) is 5. The van der Waals surface area contributed by atoms with Gasteiger partial charge in [-0.3, -0.25) is 0 Å². The molecule has 0 saturated heterocycles. The number of furan rings is 1. The van der Waals surface area contributed by atoms with Gasteiger partial charge in [-0.1, -0.05) is 6.08 Å². The van der Waals surface area contributed by atoms with Crippen molar-refractivity contribution in [3.8, 4) is 0 Å². The summed E-state index contributed by atoms with van der Waals surface area (Å²) >= 11 is 0. The molecular weight excluding hydrogens is 290 g/mol. The lowest BCUT2D eigenvalue weighted by Crippen LogP contribution is -2.30. The third kappa shape index (κ3) is 2.13. The third-order valence-corrected chi connectivity index (χ3v) is 4.57. The van der Waals surface area contributed by atoms with Crippen molar-refractivity contribution in [2.45, 2.75) is 25.3 Å². The van der Waals surface area contributed by atoms with Crippen molar-refractivity contribution in [3.63, 3.8) is 0 Å². The highest BCUT2D eigenvalue weighted by Gasteiger charge is 2.27. The van der Waals surface area contributed by atoms with Crippen LogP contribution in [-0.2, 0) is 0 Å². The first-order chi connectivity index (χ1) is 11.4. The zero-order valence-corrected chi connectivity index (χ0v) is 12.7. The summed E-state index contributed by atoms with van der Waals surface area (Å²) in [5.41, 5.74) is 3.06. The molecule has 0 radical (unpaired) electrons. The maximum Gasteiger partial charge on any atom is 0.165 e. The van der Waals surface area contributed by atoms with Gasteiger partial charge in [0.05, 0.1) is 12.6 Å². The standard InChI is InChI=1S/C17H17N5O/c1-3-12(14-4-2-8-23-14)9-21(7-1)16-15-17(19-10-18-16)22(11-20-15)13-5-6-13/h2-4,8,10-11,13H,1,5-7,9H2. The molecule has 1 saturated carbocycles. The molecule has 3 aromatic heterocycles. The van der Waals surface area contributed by atoms with E-state index in [4.69, 9.17) is 4.42 Å². The van der Waals surface area contributed by atoms with Crippen LogP contribution in [0.4, 0.5) is 5.82 Å². The van der Waals surface area contributed by atoms with Crippen molar-refractivity contribution in [3.05, 3.63) is 42.9 Å². The van der Waals surface area contributed by atoms with E-state index in [2.05, 4.69) is 30.5 Å². The molecule has 4 heterocycles. The summed E-state index contributed by atoms with van der Waals surface area (Å²) in [4.78, 5) is 15.8. The van der Waals surface area contributed by atoms with Gasteiger partial charge in [0.15, 0.2) is 17.0 Å². The van der Waals surface area contributed by atoms with Crippen LogP contribution in [0.3, 0.4) is 0 Å². The fourth-order valence-electron chi connectivity index (χ4n) is 3.26. The van der Waals surface area contributed by atoms with Crippen molar-refractivity contribution in [2.24, 2.45) is 0 Å². The van der Waals surface area contributed by atoms with E-state index < -0.39 is 0 Å². The number of hydrogen-bond acceptors (Lipinski definition) is 5. The minimum absolute atomic E-state index is 0.572. The van der Waals surface area contributed by atoms with Crippen molar-refractivity contribution in [2.75, 3.05) is 18.0 Å². The fourth-order valence-corrected chi connectivity index (χ4v) is 3.26. The van der Waals surface area contributed by atoms with Crippen molar-refractivity contribution >= 4 is 22.6 Å². The number of hydrogen-bond donors (Lipinski definition) is 0. The maximum atomic E-state index is 5.54. The van der Waals surface area contributed by atoms with Crippen molar-refractivity contribution in [1.29, 1.82) is 0 Å². The number of imidazole rings is 1. The summed E-state index contributed by atoms with van der Waals surface area (Å²) in [5.74, 6) is 1.86. The molecule has 0 aromatic carbocycles. The number of rotatable bonds is 3. The Kier molecular flexibility index (Phi) is 2.76. The van der Waals surface area contributed by atoms with Crippen LogP contribution in [0.5, 0.6) is 0 Å². The minimum Gasteiger partial charge on any atom is -0.465 e. The molecule has 1 aliphatic heterocycles. The Hall–Kier alpha value is -2.63. The number of fused-ring (bicyclic) bond motifs is 1. The van der Waals surface area contributed by atoms with Gasteiger partial charge in [0.2, 0.25) is 0 Å². The zero-order chi connectivity index (χ0) is 15.2. The monoisotopic (exact) mass is 307 g/mol. The normalized spacial score (nSPS) is 18.4. The van der Waals surface area contributed by atoms with E-state index in [0.717, 1.165) is 42.3 Å². The zero-order valence-electron chi connectivity index (χ0n) is 12.7. The summed E-state index contributed by atoms with van der Waals surface area (Å²) in [6.07, 6.45) is 11.0. The molecule has 23 heavy (non-hydrogen) atoms. The lowest BCUT2D eigenvalue weighted by Gasteiger charge is -2.27. The average Bonchev–Trinajstić information content (AvgIpc) is 3.13.